The summed E-state index contributed by atoms with van der Waals surface area (Å²) in [5.41, 5.74) is 0.663. The quantitative estimate of drug-likeness (QED) is 0.479. The van der Waals surface area contributed by atoms with Crippen molar-refractivity contribution in [3.8, 4) is 0 Å². The minimum Gasteiger partial charge on any atom is -0.381 e. The Hall–Kier alpha value is -0.0400. The molecular weight excluding hydrogens is 112 g/mol. The minimum atomic E-state index is 0.663. The topological polar surface area (TPSA) is 9.23 Å². The molecule has 0 aromatic heterocycles. The largest absolute Gasteiger partial charge is 0.381 e. The van der Waals surface area contributed by atoms with Crippen LogP contribution in [0.5, 0.6) is 0 Å². The Morgan fingerprint density at radius 3 is 2.89 bits per heavy atom. The molecule has 1 aliphatic heterocycles. The first-order valence-electron chi connectivity index (χ1n) is 3.83. The highest BCUT2D eigenvalue weighted by Gasteiger charge is 2.42. The molecule has 51 valence electrons. The van der Waals surface area contributed by atoms with Gasteiger partial charge in [0.15, 0.2) is 0 Å². The Labute approximate surface area is 56.4 Å². The second kappa shape index (κ2) is 1.98. The number of rotatable bonds is 0. The lowest BCUT2D eigenvalue weighted by molar-refractivity contribution is 0.141. The molecule has 1 heteroatoms. The third-order valence-electron chi connectivity index (χ3n) is 2.49. The zero-order valence-electron chi connectivity index (χ0n) is 5.73. The highest BCUT2D eigenvalue weighted by molar-refractivity contribution is 5.10. The summed E-state index contributed by atoms with van der Waals surface area (Å²) in [6, 6.07) is 0. The van der Waals surface area contributed by atoms with Gasteiger partial charge in [-0.05, 0) is 37.5 Å². The van der Waals surface area contributed by atoms with E-state index in [1.165, 1.54) is 25.7 Å². The molecule has 1 saturated heterocycles. The summed E-state index contributed by atoms with van der Waals surface area (Å²) in [5, 5.41) is 0. The van der Waals surface area contributed by atoms with Crippen molar-refractivity contribution in [2.24, 2.45) is 5.41 Å². The average Bonchev–Trinajstić information content (AvgIpc) is 2.64. The molecule has 2 rings (SSSR count). The van der Waals surface area contributed by atoms with Gasteiger partial charge < -0.3 is 4.74 Å². The van der Waals surface area contributed by atoms with E-state index in [1.54, 1.807) is 0 Å². The average molecular weight is 125 g/mol. The van der Waals surface area contributed by atoms with Gasteiger partial charge in [-0.25, -0.2) is 0 Å². The van der Waals surface area contributed by atoms with E-state index in [9.17, 15) is 0 Å². The van der Waals surface area contributed by atoms with Crippen molar-refractivity contribution < 1.29 is 4.74 Å². The van der Waals surface area contributed by atoms with Gasteiger partial charge >= 0.3 is 0 Å². The summed E-state index contributed by atoms with van der Waals surface area (Å²) >= 11 is 0. The van der Waals surface area contributed by atoms with Gasteiger partial charge in [-0.1, -0.05) is 0 Å². The first-order chi connectivity index (χ1) is 4.41. The Kier molecular flexibility index (Phi) is 1.26. The molecule has 1 atom stereocenters. The smallest absolute Gasteiger partial charge is 0.0471 e. The van der Waals surface area contributed by atoms with E-state index in [2.05, 4.69) is 6.42 Å². The molecule has 2 fully saturated rings. The predicted molar refractivity (Wildman–Crippen MR) is 36.0 cm³/mol. The third-order valence-corrected chi connectivity index (χ3v) is 2.49. The van der Waals surface area contributed by atoms with Crippen LogP contribution in [0.25, 0.3) is 0 Å². The third kappa shape index (κ3) is 1.11. The molecule has 0 aromatic carbocycles. The lowest BCUT2D eigenvalue weighted by Crippen LogP contribution is -1.99. The minimum absolute atomic E-state index is 0.663. The van der Waals surface area contributed by atoms with Crippen LogP contribution < -0.4 is 0 Å². The van der Waals surface area contributed by atoms with Gasteiger partial charge in [0.05, 0.1) is 0 Å². The maximum Gasteiger partial charge on any atom is 0.0471 e. The molecule has 0 N–H and O–H groups in total. The Balaban J connectivity index is 1.92. The fourth-order valence-corrected chi connectivity index (χ4v) is 1.58. The van der Waals surface area contributed by atoms with Crippen molar-refractivity contribution in [1.29, 1.82) is 0 Å². The molecule has 1 spiro atoms. The van der Waals surface area contributed by atoms with Crippen molar-refractivity contribution in [2.45, 2.75) is 25.7 Å². The van der Waals surface area contributed by atoms with E-state index >= 15 is 0 Å². The van der Waals surface area contributed by atoms with Crippen molar-refractivity contribution in [3.63, 3.8) is 0 Å². The summed E-state index contributed by atoms with van der Waals surface area (Å²) < 4.78 is 5.35. The number of hydrogen-bond donors (Lipinski definition) is 0. The van der Waals surface area contributed by atoms with E-state index in [0.717, 1.165) is 13.2 Å². The van der Waals surface area contributed by atoms with Crippen LogP contribution in [-0.2, 0) is 4.74 Å². The van der Waals surface area contributed by atoms with Gasteiger partial charge in [-0.15, -0.1) is 0 Å². The van der Waals surface area contributed by atoms with Gasteiger partial charge in [-0.3, -0.25) is 0 Å². The van der Waals surface area contributed by atoms with Crippen molar-refractivity contribution in [2.75, 3.05) is 13.2 Å². The van der Waals surface area contributed by atoms with Gasteiger partial charge in [0.2, 0.25) is 0 Å². The Morgan fingerprint density at radius 1 is 1.22 bits per heavy atom. The van der Waals surface area contributed by atoms with Crippen LogP contribution in [-0.4, -0.2) is 13.2 Å². The van der Waals surface area contributed by atoms with E-state index in [-0.39, 0.29) is 0 Å². The first-order valence-corrected chi connectivity index (χ1v) is 3.83. The second-order valence-corrected chi connectivity index (χ2v) is 3.24. The normalized spacial score (nSPS) is 32.0. The lowest BCUT2D eigenvalue weighted by atomic mass is 9.98. The van der Waals surface area contributed by atoms with E-state index in [4.69, 9.17) is 4.74 Å². The monoisotopic (exact) mass is 125 g/mol. The highest BCUT2D eigenvalue weighted by Crippen LogP contribution is 2.52. The predicted octanol–water partition coefficient (Wildman–Crippen LogP) is 1.78. The number of hydrogen-bond acceptors (Lipinski definition) is 1. The summed E-state index contributed by atoms with van der Waals surface area (Å²) in [6.07, 6.45) is 7.74. The van der Waals surface area contributed by atoms with E-state index in [0.29, 0.717) is 5.41 Å². The van der Waals surface area contributed by atoms with Gasteiger partial charge in [0.25, 0.3) is 0 Å². The van der Waals surface area contributed by atoms with Gasteiger partial charge in [0, 0.05) is 13.2 Å². The maximum absolute atomic E-state index is 5.35. The molecule has 0 amide bonds. The zero-order chi connectivity index (χ0) is 6.16. The molecule has 1 saturated carbocycles. The molecule has 0 aromatic rings. The summed E-state index contributed by atoms with van der Waals surface area (Å²) in [7, 11) is 0. The van der Waals surface area contributed by atoms with Crippen LogP contribution >= 0.6 is 0 Å². The van der Waals surface area contributed by atoms with Gasteiger partial charge in [-0.2, -0.15) is 0 Å². The molecule has 0 bridgehead atoms. The fourth-order valence-electron chi connectivity index (χ4n) is 1.58. The molecule has 1 nitrogen and oxygen atoms in total. The Morgan fingerprint density at radius 2 is 2.11 bits per heavy atom. The summed E-state index contributed by atoms with van der Waals surface area (Å²) in [5.74, 6) is 0. The van der Waals surface area contributed by atoms with Crippen LogP contribution in [0.1, 0.15) is 25.7 Å². The van der Waals surface area contributed by atoms with Crippen LogP contribution in [0.3, 0.4) is 0 Å². The molecular formula is C8H13O. The Bertz CT molecular complexity index is 95.1. The van der Waals surface area contributed by atoms with Crippen LogP contribution in [0.2, 0.25) is 0 Å². The van der Waals surface area contributed by atoms with Crippen LogP contribution in [0, 0.1) is 11.8 Å². The standard InChI is InChI=1S/C8H13O/c1-2-8(3-4-8)5-7-9-6-1/h3H,1-2,4-7H2. The SMILES string of the molecule is [CH]1CC12CCCOCC2. The zero-order valence-corrected chi connectivity index (χ0v) is 5.73. The lowest BCUT2D eigenvalue weighted by Gasteiger charge is -2.06. The molecule has 1 radical (unpaired) electrons. The summed E-state index contributed by atoms with van der Waals surface area (Å²) in [6.45, 7) is 1.99. The fraction of sp³-hybridized carbons (Fsp3) is 0.875. The summed E-state index contributed by atoms with van der Waals surface area (Å²) in [4.78, 5) is 0. The molecule has 1 unspecified atom stereocenters. The number of ether oxygens (including phenoxy) is 1. The highest BCUT2D eigenvalue weighted by atomic mass is 16.5. The molecule has 1 heterocycles. The van der Waals surface area contributed by atoms with E-state index < -0.39 is 0 Å². The maximum atomic E-state index is 5.35. The van der Waals surface area contributed by atoms with Crippen molar-refractivity contribution in [1.82, 2.24) is 0 Å². The van der Waals surface area contributed by atoms with E-state index in [1.807, 2.05) is 0 Å². The molecule has 9 heavy (non-hydrogen) atoms. The van der Waals surface area contributed by atoms with Crippen molar-refractivity contribution in [3.05, 3.63) is 6.42 Å². The second-order valence-electron chi connectivity index (χ2n) is 3.24. The van der Waals surface area contributed by atoms with Gasteiger partial charge in [0.1, 0.15) is 0 Å². The molecule has 1 aliphatic carbocycles. The molecule has 2 aliphatic rings. The first kappa shape index (κ1) is 5.72. The van der Waals surface area contributed by atoms with Crippen LogP contribution in [0.15, 0.2) is 0 Å². The van der Waals surface area contributed by atoms with Crippen molar-refractivity contribution >= 4 is 0 Å². The van der Waals surface area contributed by atoms with Crippen LogP contribution in [0.4, 0.5) is 0 Å².